The zero-order valence-corrected chi connectivity index (χ0v) is 17.5. The maximum absolute atomic E-state index is 12.8. The van der Waals surface area contributed by atoms with E-state index in [9.17, 15) is 15.0 Å². The molecule has 0 aliphatic carbocycles. The van der Waals surface area contributed by atoms with Crippen molar-refractivity contribution in [2.45, 2.75) is 24.7 Å². The average Bonchev–Trinajstić information content (AvgIpc) is 2.70. The van der Waals surface area contributed by atoms with Crippen molar-refractivity contribution in [3.05, 3.63) is 64.7 Å². The van der Waals surface area contributed by atoms with Gasteiger partial charge in [-0.15, -0.1) is 0 Å². The van der Waals surface area contributed by atoms with Crippen molar-refractivity contribution in [2.24, 2.45) is 0 Å². The van der Waals surface area contributed by atoms with Crippen molar-refractivity contribution in [1.82, 2.24) is 9.80 Å². The molecule has 7 heteroatoms. The number of carbonyl (C=O) groups excluding carboxylic acids is 1. The van der Waals surface area contributed by atoms with Crippen LogP contribution in [0.4, 0.5) is 0 Å². The van der Waals surface area contributed by atoms with E-state index in [1.807, 2.05) is 36.2 Å². The van der Waals surface area contributed by atoms with Gasteiger partial charge in [0.2, 0.25) is 0 Å². The summed E-state index contributed by atoms with van der Waals surface area (Å²) >= 11 is 5.90. The number of β-amino-alcohol motifs (C(OH)–C–C–N with tert-alkyl or cyclic N) is 1. The van der Waals surface area contributed by atoms with E-state index in [2.05, 4.69) is 0 Å². The van der Waals surface area contributed by atoms with E-state index in [0.29, 0.717) is 30.1 Å². The number of methoxy groups -OCH3 is 1. The van der Waals surface area contributed by atoms with Crippen LogP contribution in [-0.2, 0) is 6.54 Å². The van der Waals surface area contributed by atoms with Gasteiger partial charge in [-0.05, 0) is 43.8 Å². The minimum Gasteiger partial charge on any atom is -0.496 e. The van der Waals surface area contributed by atoms with Crippen molar-refractivity contribution in [3.63, 3.8) is 0 Å². The Kier molecular flexibility index (Phi) is 6.80. The summed E-state index contributed by atoms with van der Waals surface area (Å²) in [6.07, 6.45) is -0.588. The standard InChI is InChI=1S/C22H27ClN2O4/c1-24(13-17-5-3-4-6-19(17)29-2)14-22(28)15-25(12-11-20(22)26)21(27)16-7-9-18(23)10-8-16/h3-10,20,26,28H,11-15H2,1-2H3/t20-,22+/m0/s1. The first kappa shape index (κ1) is 21.6. The molecule has 1 saturated heterocycles. The minimum absolute atomic E-state index is 0.0614. The molecule has 1 heterocycles. The van der Waals surface area contributed by atoms with Gasteiger partial charge in [-0.2, -0.15) is 0 Å². The number of para-hydroxylation sites is 1. The van der Waals surface area contributed by atoms with E-state index in [0.717, 1.165) is 11.3 Å². The van der Waals surface area contributed by atoms with E-state index in [4.69, 9.17) is 16.3 Å². The van der Waals surface area contributed by atoms with Crippen molar-refractivity contribution in [2.75, 3.05) is 33.8 Å². The van der Waals surface area contributed by atoms with Gasteiger partial charge < -0.3 is 19.8 Å². The Labute approximate surface area is 176 Å². The molecule has 3 rings (SSSR count). The summed E-state index contributed by atoms with van der Waals surface area (Å²) in [6.45, 7) is 1.22. The summed E-state index contributed by atoms with van der Waals surface area (Å²) in [6, 6.07) is 14.4. The quantitative estimate of drug-likeness (QED) is 0.753. The first-order valence-electron chi connectivity index (χ1n) is 9.58. The molecule has 2 N–H and O–H groups in total. The Morgan fingerprint density at radius 3 is 2.66 bits per heavy atom. The lowest BCUT2D eigenvalue weighted by molar-refractivity contribution is -0.125. The minimum atomic E-state index is -1.42. The van der Waals surface area contributed by atoms with Gasteiger partial charge in [-0.1, -0.05) is 29.8 Å². The van der Waals surface area contributed by atoms with Crippen LogP contribution in [0.25, 0.3) is 0 Å². The van der Waals surface area contributed by atoms with Crippen LogP contribution in [0.3, 0.4) is 0 Å². The first-order valence-corrected chi connectivity index (χ1v) is 9.96. The lowest BCUT2D eigenvalue weighted by Crippen LogP contribution is -2.62. The average molecular weight is 419 g/mol. The summed E-state index contributed by atoms with van der Waals surface area (Å²) in [7, 11) is 3.49. The third-order valence-electron chi connectivity index (χ3n) is 5.31. The summed E-state index contributed by atoms with van der Waals surface area (Å²) in [4.78, 5) is 16.3. The van der Waals surface area contributed by atoms with Gasteiger partial charge in [0, 0.05) is 35.8 Å². The number of hydrogen-bond donors (Lipinski definition) is 2. The number of piperidine rings is 1. The molecule has 2 atom stereocenters. The Morgan fingerprint density at radius 2 is 1.97 bits per heavy atom. The van der Waals surface area contributed by atoms with Gasteiger partial charge in [-0.25, -0.2) is 0 Å². The highest BCUT2D eigenvalue weighted by atomic mass is 35.5. The van der Waals surface area contributed by atoms with Gasteiger partial charge in [0.15, 0.2) is 0 Å². The maximum atomic E-state index is 12.8. The van der Waals surface area contributed by atoms with Crippen LogP contribution in [0.15, 0.2) is 48.5 Å². The summed E-state index contributed by atoms with van der Waals surface area (Å²) in [5.74, 6) is 0.592. The Hall–Kier alpha value is -2.12. The molecule has 0 radical (unpaired) electrons. The third kappa shape index (κ3) is 5.08. The topological polar surface area (TPSA) is 73.2 Å². The number of likely N-dealkylation sites (tertiary alicyclic amines) is 1. The van der Waals surface area contributed by atoms with Gasteiger partial charge in [0.25, 0.3) is 5.91 Å². The van der Waals surface area contributed by atoms with E-state index in [1.165, 1.54) is 0 Å². The molecular formula is C22H27ClN2O4. The highest BCUT2D eigenvalue weighted by Crippen LogP contribution is 2.26. The molecule has 2 aromatic rings. The molecule has 1 fully saturated rings. The molecular weight excluding hydrogens is 392 g/mol. The number of ether oxygens (including phenoxy) is 1. The number of benzene rings is 2. The lowest BCUT2D eigenvalue weighted by atomic mass is 9.88. The first-order chi connectivity index (χ1) is 13.8. The van der Waals surface area contributed by atoms with E-state index in [-0.39, 0.29) is 19.0 Å². The van der Waals surface area contributed by atoms with Crippen LogP contribution in [0.1, 0.15) is 22.3 Å². The molecule has 1 aliphatic heterocycles. The predicted molar refractivity (Wildman–Crippen MR) is 112 cm³/mol. The summed E-state index contributed by atoms with van der Waals surface area (Å²) < 4.78 is 5.39. The Balaban J connectivity index is 1.69. The predicted octanol–water partition coefficient (Wildman–Crippen LogP) is 2.42. The Morgan fingerprint density at radius 1 is 1.28 bits per heavy atom. The van der Waals surface area contributed by atoms with Crippen LogP contribution in [0.5, 0.6) is 5.75 Å². The normalized spacial score (nSPS) is 22.0. The molecule has 6 nitrogen and oxygen atoms in total. The fraction of sp³-hybridized carbons (Fsp3) is 0.409. The third-order valence-corrected chi connectivity index (χ3v) is 5.56. The van der Waals surface area contributed by atoms with Crippen LogP contribution >= 0.6 is 11.6 Å². The second-order valence-corrected chi connectivity index (χ2v) is 8.06. The number of carbonyl (C=O) groups is 1. The second-order valence-electron chi connectivity index (χ2n) is 7.63. The highest BCUT2D eigenvalue weighted by molar-refractivity contribution is 6.30. The van der Waals surface area contributed by atoms with Crippen molar-refractivity contribution < 1.29 is 19.7 Å². The molecule has 2 aromatic carbocycles. The van der Waals surface area contributed by atoms with Gasteiger partial charge in [0.1, 0.15) is 11.4 Å². The van der Waals surface area contributed by atoms with E-state index >= 15 is 0 Å². The molecule has 0 unspecified atom stereocenters. The van der Waals surface area contributed by atoms with Crippen LogP contribution < -0.4 is 4.74 Å². The summed E-state index contributed by atoms with van der Waals surface area (Å²) in [5.41, 5.74) is 0.0768. The molecule has 0 bridgehead atoms. The number of likely N-dealkylation sites (N-methyl/N-ethyl adjacent to an activating group) is 1. The Bertz CT molecular complexity index is 845. The maximum Gasteiger partial charge on any atom is 0.253 e. The number of rotatable bonds is 6. The van der Waals surface area contributed by atoms with Crippen molar-refractivity contribution in [3.8, 4) is 5.75 Å². The van der Waals surface area contributed by atoms with E-state index < -0.39 is 11.7 Å². The van der Waals surface area contributed by atoms with Crippen LogP contribution in [0.2, 0.25) is 5.02 Å². The zero-order chi connectivity index (χ0) is 21.0. The molecule has 1 aliphatic rings. The van der Waals surface area contributed by atoms with Crippen molar-refractivity contribution in [1.29, 1.82) is 0 Å². The van der Waals surface area contributed by atoms with Gasteiger partial charge in [0.05, 0.1) is 19.8 Å². The van der Waals surface area contributed by atoms with Gasteiger partial charge in [-0.3, -0.25) is 9.69 Å². The molecule has 156 valence electrons. The number of halogens is 1. The second kappa shape index (κ2) is 9.13. The number of nitrogens with zero attached hydrogens (tertiary/aromatic N) is 2. The largest absolute Gasteiger partial charge is 0.496 e. The number of amides is 1. The fourth-order valence-corrected chi connectivity index (χ4v) is 3.94. The van der Waals surface area contributed by atoms with Crippen molar-refractivity contribution >= 4 is 17.5 Å². The number of aliphatic hydroxyl groups excluding tert-OH is 1. The lowest BCUT2D eigenvalue weighted by Gasteiger charge is -2.44. The fourth-order valence-electron chi connectivity index (χ4n) is 3.81. The summed E-state index contributed by atoms with van der Waals surface area (Å²) in [5, 5.41) is 22.2. The van der Waals surface area contributed by atoms with Crippen LogP contribution in [-0.4, -0.2) is 71.4 Å². The van der Waals surface area contributed by atoms with Gasteiger partial charge >= 0.3 is 0 Å². The molecule has 0 aromatic heterocycles. The molecule has 1 amide bonds. The zero-order valence-electron chi connectivity index (χ0n) is 16.7. The van der Waals surface area contributed by atoms with E-state index in [1.54, 1.807) is 36.3 Å². The number of aliphatic hydroxyl groups is 2. The molecule has 29 heavy (non-hydrogen) atoms. The monoisotopic (exact) mass is 418 g/mol. The smallest absolute Gasteiger partial charge is 0.253 e. The SMILES string of the molecule is COc1ccccc1CN(C)C[C@@]1(O)CN(C(=O)c2ccc(Cl)cc2)CC[C@@H]1O. The molecule has 0 spiro atoms. The molecule has 0 saturated carbocycles. The van der Waals surface area contributed by atoms with Crippen LogP contribution in [0, 0.1) is 0 Å². The highest BCUT2D eigenvalue weighted by Gasteiger charge is 2.43. The number of hydrogen-bond acceptors (Lipinski definition) is 5.